The molecule has 0 spiro atoms. The summed E-state index contributed by atoms with van der Waals surface area (Å²) in [6, 6.07) is 0. The molecule has 0 amide bonds. The molecule has 0 fully saturated rings. The second kappa shape index (κ2) is 4.38. The van der Waals surface area contributed by atoms with Crippen molar-refractivity contribution in [2.45, 2.75) is 0 Å². The average Bonchev–Trinajstić information content (AvgIpc) is 1.41. The molecule has 1 radical (unpaired) electrons. The number of hydrogen-bond donors (Lipinski definition) is 0. The van der Waals surface area contributed by atoms with Crippen molar-refractivity contribution in [3.05, 3.63) is 11.6 Å². The smallest absolute Gasteiger partial charge is 0.0229 e. The summed E-state index contributed by atoms with van der Waals surface area (Å²) in [6.45, 7) is 0. The summed E-state index contributed by atoms with van der Waals surface area (Å²) in [5.41, 5.74) is 1.42. The van der Waals surface area contributed by atoms with Gasteiger partial charge in [0.05, 0.1) is 0 Å². The van der Waals surface area contributed by atoms with Crippen molar-refractivity contribution in [2.75, 3.05) is 5.75 Å². The van der Waals surface area contributed by atoms with E-state index in [0.29, 0.717) is 5.75 Å². The Bertz CT molecular complexity index is 33.9. The summed E-state index contributed by atoms with van der Waals surface area (Å²) in [5, 5.41) is 0. The zero-order valence-corrected chi connectivity index (χ0v) is 4.22. The van der Waals surface area contributed by atoms with Gasteiger partial charge < -0.3 is 0 Å². The van der Waals surface area contributed by atoms with Crippen LogP contribution in [0.4, 0.5) is 0 Å². The molecule has 2 heteroatoms. The molecule has 0 bridgehead atoms. The lowest BCUT2D eigenvalue weighted by Crippen LogP contribution is -1.49. The highest BCUT2D eigenvalue weighted by molar-refractivity contribution is 7.80. The van der Waals surface area contributed by atoms with Crippen molar-refractivity contribution >= 4 is 24.2 Å². The first-order valence-electron chi connectivity index (χ1n) is 1.25. The summed E-state index contributed by atoms with van der Waals surface area (Å²) in [5.74, 6) is 0.615. The molecule has 0 N–H and O–H groups in total. The van der Waals surface area contributed by atoms with Crippen LogP contribution in [0.3, 0.4) is 0 Å². The van der Waals surface area contributed by atoms with Crippen LogP contribution in [0.25, 0.3) is 0 Å². The fourth-order valence-corrected chi connectivity index (χ4v) is 0.327. The predicted octanol–water partition coefficient (Wildman–Crippen LogP) is 1.94. The Morgan fingerprint density at radius 1 is 1.80 bits per heavy atom. The van der Waals surface area contributed by atoms with Gasteiger partial charge in [0.15, 0.2) is 0 Å². The standard InChI is InChI=1S/C3H4ClS/c4-2-1-3-5/h1-2H,3H2/b2-1+. The second-order valence-electron chi connectivity index (χ2n) is 0.528. The van der Waals surface area contributed by atoms with Gasteiger partial charge in [0, 0.05) is 11.3 Å². The Morgan fingerprint density at radius 2 is 2.40 bits per heavy atom. The molecule has 0 unspecified atom stereocenters. The third-order valence-electron chi connectivity index (χ3n) is 0.185. The van der Waals surface area contributed by atoms with Crippen molar-refractivity contribution in [3.8, 4) is 0 Å². The van der Waals surface area contributed by atoms with Crippen molar-refractivity contribution in [3.63, 3.8) is 0 Å². The predicted molar refractivity (Wildman–Crippen MR) is 27.5 cm³/mol. The van der Waals surface area contributed by atoms with E-state index >= 15 is 0 Å². The summed E-state index contributed by atoms with van der Waals surface area (Å²) in [6.07, 6.45) is 1.71. The van der Waals surface area contributed by atoms with Crippen LogP contribution < -0.4 is 0 Å². The van der Waals surface area contributed by atoms with Crippen LogP contribution in [-0.2, 0) is 0 Å². The Morgan fingerprint density at radius 3 is 2.40 bits per heavy atom. The molecule has 0 aromatic carbocycles. The van der Waals surface area contributed by atoms with E-state index in [1.807, 2.05) is 0 Å². The molecule has 0 aromatic rings. The van der Waals surface area contributed by atoms with Gasteiger partial charge >= 0.3 is 0 Å². The molecule has 0 aliphatic rings. The van der Waals surface area contributed by atoms with E-state index in [0.717, 1.165) is 0 Å². The van der Waals surface area contributed by atoms with E-state index in [1.54, 1.807) is 6.08 Å². The van der Waals surface area contributed by atoms with Gasteiger partial charge in [0.1, 0.15) is 0 Å². The normalized spacial score (nSPS) is 10.0. The molecular weight excluding hydrogens is 104 g/mol. The minimum absolute atomic E-state index is 0.615. The highest BCUT2D eigenvalue weighted by Gasteiger charge is 1.55. The van der Waals surface area contributed by atoms with Gasteiger partial charge in [-0.15, -0.1) is 0 Å². The highest BCUT2D eigenvalue weighted by atomic mass is 35.5. The zero-order valence-electron chi connectivity index (χ0n) is 2.65. The van der Waals surface area contributed by atoms with Crippen LogP contribution in [0.2, 0.25) is 0 Å². The fourth-order valence-electron chi connectivity index (χ4n) is 0.0364. The van der Waals surface area contributed by atoms with Crippen molar-refractivity contribution in [1.29, 1.82) is 0 Å². The Kier molecular flexibility index (Phi) is 4.71. The summed E-state index contributed by atoms with van der Waals surface area (Å²) < 4.78 is 0. The van der Waals surface area contributed by atoms with E-state index < -0.39 is 0 Å². The first-order valence-corrected chi connectivity index (χ1v) is 2.26. The number of hydrogen-bond acceptors (Lipinski definition) is 0. The van der Waals surface area contributed by atoms with E-state index in [4.69, 9.17) is 11.6 Å². The van der Waals surface area contributed by atoms with Gasteiger partial charge in [-0.25, -0.2) is 0 Å². The van der Waals surface area contributed by atoms with Gasteiger partial charge in [0.2, 0.25) is 0 Å². The fraction of sp³-hybridized carbons (Fsp3) is 0.333. The van der Waals surface area contributed by atoms with Crippen LogP contribution in [0.1, 0.15) is 0 Å². The largest absolute Gasteiger partial charge is 0.0933 e. The average molecular weight is 108 g/mol. The maximum Gasteiger partial charge on any atom is 0.0229 e. The minimum Gasteiger partial charge on any atom is -0.0933 e. The molecule has 0 nitrogen and oxygen atoms in total. The first-order chi connectivity index (χ1) is 2.41. The Labute approximate surface area is 42.2 Å². The molecule has 0 heterocycles. The van der Waals surface area contributed by atoms with Gasteiger partial charge in [0.25, 0.3) is 0 Å². The Balaban J connectivity index is 2.62. The SMILES string of the molecule is [S]C/C=C/Cl. The van der Waals surface area contributed by atoms with Crippen LogP contribution in [0, 0.1) is 0 Å². The van der Waals surface area contributed by atoms with E-state index in [9.17, 15) is 0 Å². The van der Waals surface area contributed by atoms with Gasteiger partial charge in [-0.1, -0.05) is 30.3 Å². The van der Waals surface area contributed by atoms with Crippen LogP contribution in [0.5, 0.6) is 0 Å². The molecule has 0 aromatic heterocycles. The van der Waals surface area contributed by atoms with Crippen molar-refractivity contribution in [2.24, 2.45) is 0 Å². The minimum atomic E-state index is 0.615. The van der Waals surface area contributed by atoms with Gasteiger partial charge in [-0.2, -0.15) is 0 Å². The van der Waals surface area contributed by atoms with Crippen molar-refractivity contribution < 1.29 is 0 Å². The highest BCUT2D eigenvalue weighted by Crippen LogP contribution is 1.78. The molecule has 5 heavy (non-hydrogen) atoms. The third-order valence-corrected chi connectivity index (χ3v) is 0.556. The zero-order chi connectivity index (χ0) is 4.12. The third kappa shape index (κ3) is 4.38. The molecule has 0 saturated carbocycles. The van der Waals surface area contributed by atoms with Crippen LogP contribution in [0.15, 0.2) is 11.6 Å². The van der Waals surface area contributed by atoms with E-state index in [-0.39, 0.29) is 0 Å². The topological polar surface area (TPSA) is 0 Å². The first kappa shape index (κ1) is 5.38. The molecule has 29 valence electrons. The maximum absolute atomic E-state index is 5.05. The summed E-state index contributed by atoms with van der Waals surface area (Å²) in [4.78, 5) is 0. The quantitative estimate of drug-likeness (QED) is 0.481. The molecule has 0 atom stereocenters. The second-order valence-corrected chi connectivity index (χ2v) is 1.11. The molecule has 0 aliphatic carbocycles. The molecule has 0 aliphatic heterocycles. The number of rotatable bonds is 1. The van der Waals surface area contributed by atoms with Crippen molar-refractivity contribution in [1.82, 2.24) is 0 Å². The van der Waals surface area contributed by atoms with Crippen LogP contribution >= 0.6 is 24.2 Å². The maximum atomic E-state index is 5.05. The lowest BCUT2D eigenvalue weighted by molar-refractivity contribution is 1.83. The Hall–Kier alpha value is 0.380. The lowest BCUT2D eigenvalue weighted by Gasteiger charge is -1.61. The number of halogens is 1. The van der Waals surface area contributed by atoms with Gasteiger partial charge in [-0.3, -0.25) is 0 Å². The lowest BCUT2D eigenvalue weighted by atomic mass is 10.8. The molecular formula is C3H4ClS. The van der Waals surface area contributed by atoms with Crippen LogP contribution in [-0.4, -0.2) is 5.75 Å². The summed E-state index contributed by atoms with van der Waals surface area (Å²) >= 11 is 9.53. The monoisotopic (exact) mass is 107 g/mol. The molecule has 0 saturated heterocycles. The summed E-state index contributed by atoms with van der Waals surface area (Å²) in [7, 11) is 0. The van der Waals surface area contributed by atoms with E-state index in [2.05, 4.69) is 12.6 Å². The van der Waals surface area contributed by atoms with Gasteiger partial charge in [-0.05, 0) is 0 Å². The molecule has 0 rings (SSSR count). The van der Waals surface area contributed by atoms with E-state index in [1.165, 1.54) is 5.54 Å².